The third-order valence-electron chi connectivity index (χ3n) is 2.73. The van der Waals surface area contributed by atoms with Crippen molar-refractivity contribution in [3.8, 4) is 0 Å². The van der Waals surface area contributed by atoms with Gasteiger partial charge in [-0.3, -0.25) is 4.42 Å². The zero-order valence-electron chi connectivity index (χ0n) is 17.1. The van der Waals surface area contributed by atoms with Crippen LogP contribution in [0.25, 0.3) is 0 Å². The Kier molecular flexibility index (Phi) is 16.1. The number of hydrogen-bond donors (Lipinski definition) is 2. The van der Waals surface area contributed by atoms with E-state index in [1.807, 2.05) is 0 Å². The Hall–Kier alpha value is -3.25. The molecule has 0 spiro atoms. The first kappa shape index (κ1) is 29.0. The van der Waals surface area contributed by atoms with Crippen LogP contribution in [0.3, 0.4) is 0 Å². The van der Waals surface area contributed by atoms with E-state index in [4.69, 9.17) is 14.9 Å². The molecule has 2 heterocycles. The Bertz CT molecular complexity index is 625. The van der Waals surface area contributed by atoms with Gasteiger partial charge in [0.05, 0.1) is 17.0 Å². The van der Waals surface area contributed by atoms with E-state index >= 15 is 0 Å². The lowest BCUT2D eigenvalue weighted by Crippen LogP contribution is -2.20. The molecule has 0 bridgehead atoms. The maximum absolute atomic E-state index is 10.9. The topological polar surface area (TPSA) is 166 Å². The first-order valence-corrected chi connectivity index (χ1v) is 8.27. The summed E-state index contributed by atoms with van der Waals surface area (Å²) in [5.41, 5.74) is 0.681. The van der Waals surface area contributed by atoms with Gasteiger partial charge in [0.25, 0.3) is 0 Å². The molecule has 2 fully saturated rings. The fourth-order valence-electron chi connectivity index (χ4n) is 1.32. The van der Waals surface area contributed by atoms with Crippen LogP contribution in [0.4, 0.5) is 9.59 Å². The van der Waals surface area contributed by atoms with Gasteiger partial charge in [-0.15, -0.1) is 0 Å². The van der Waals surface area contributed by atoms with Gasteiger partial charge in [0.15, 0.2) is 19.0 Å². The van der Waals surface area contributed by atoms with E-state index in [0.717, 1.165) is 7.11 Å². The monoisotopic (exact) mass is 435 g/mol. The minimum absolute atomic E-state index is 0.0113. The summed E-state index contributed by atoms with van der Waals surface area (Å²) in [6.45, 7) is 12.9. The molecule has 0 aliphatic carbocycles. The Labute approximate surface area is 173 Å². The predicted molar refractivity (Wildman–Crippen MR) is 100 cm³/mol. The standard InChI is InChI=1S/C8H10O5.C5H7O2.C4H6O4.CH4O/c1-5(2)7(9)11-3-6-4-12-8(10)13-6;1-4(2)5(6)7-3;5-1-3-2-7-4(6)8-3;1-2/h6H,1,3-4H2,2H3;1,3H2,2H3;3,5H,1-2H2;2H,1H3/q;+1;;. The second-order valence-corrected chi connectivity index (χ2v) is 5.38. The normalized spacial score (nSPS) is 18.0. The average molecular weight is 435 g/mol. The van der Waals surface area contributed by atoms with Gasteiger partial charge in [0, 0.05) is 12.7 Å². The van der Waals surface area contributed by atoms with E-state index in [2.05, 4.69) is 43.3 Å². The van der Waals surface area contributed by atoms with Crippen LogP contribution in [0, 0.1) is 0 Å². The van der Waals surface area contributed by atoms with Gasteiger partial charge in [-0.2, -0.15) is 0 Å². The maximum atomic E-state index is 10.9. The Morgan fingerprint density at radius 1 is 1.03 bits per heavy atom. The van der Waals surface area contributed by atoms with Crippen LogP contribution in [-0.2, 0) is 37.7 Å². The third kappa shape index (κ3) is 13.8. The highest BCUT2D eigenvalue weighted by molar-refractivity contribution is 5.87. The summed E-state index contributed by atoms with van der Waals surface area (Å²) in [6.07, 6.45) is -2.35. The quantitative estimate of drug-likeness (QED) is 0.262. The van der Waals surface area contributed by atoms with Crippen LogP contribution in [0.5, 0.6) is 0 Å². The molecular weight excluding hydrogens is 408 g/mol. The zero-order valence-corrected chi connectivity index (χ0v) is 17.1. The lowest BCUT2D eigenvalue weighted by atomic mass is 10.3. The third-order valence-corrected chi connectivity index (χ3v) is 2.73. The van der Waals surface area contributed by atoms with E-state index in [0.29, 0.717) is 11.1 Å². The van der Waals surface area contributed by atoms with Crippen LogP contribution in [0.2, 0.25) is 0 Å². The lowest BCUT2D eigenvalue weighted by Gasteiger charge is -2.06. The lowest BCUT2D eigenvalue weighted by molar-refractivity contribution is -0.363. The van der Waals surface area contributed by atoms with Crippen molar-refractivity contribution in [2.24, 2.45) is 0 Å². The summed E-state index contributed by atoms with van der Waals surface area (Å²) in [7, 11) is 1.00. The van der Waals surface area contributed by atoms with Crippen molar-refractivity contribution in [2.75, 3.05) is 33.5 Å². The molecular formula is C18H27O12+. The molecule has 0 saturated carbocycles. The van der Waals surface area contributed by atoms with Crippen molar-refractivity contribution >= 4 is 31.0 Å². The van der Waals surface area contributed by atoms with Crippen molar-refractivity contribution in [3.63, 3.8) is 0 Å². The van der Waals surface area contributed by atoms with Crippen LogP contribution in [0.15, 0.2) is 24.3 Å². The number of aliphatic hydroxyl groups is 2. The molecule has 170 valence electrons. The van der Waals surface area contributed by atoms with E-state index in [-0.39, 0.29) is 26.4 Å². The Morgan fingerprint density at radius 2 is 1.50 bits per heavy atom. The van der Waals surface area contributed by atoms with E-state index in [1.54, 1.807) is 13.8 Å². The van der Waals surface area contributed by atoms with Gasteiger partial charge in [0.2, 0.25) is 0 Å². The first-order valence-electron chi connectivity index (χ1n) is 8.27. The van der Waals surface area contributed by atoms with Crippen LogP contribution in [-0.4, -0.2) is 87.0 Å². The first-order chi connectivity index (χ1) is 14.1. The van der Waals surface area contributed by atoms with Crippen molar-refractivity contribution in [1.29, 1.82) is 0 Å². The molecule has 0 aromatic carbocycles. The summed E-state index contributed by atoms with van der Waals surface area (Å²) in [6, 6.07) is 0. The number of ether oxygens (including phenoxy) is 5. The van der Waals surface area contributed by atoms with Crippen LogP contribution in [0.1, 0.15) is 13.8 Å². The summed E-state index contributed by atoms with van der Waals surface area (Å²) in [5.74, 6) is -0.956. The van der Waals surface area contributed by atoms with Gasteiger partial charge in [-0.1, -0.05) is 13.2 Å². The fraction of sp³-hybridized carbons (Fsp3) is 0.500. The molecule has 2 aliphatic rings. The molecule has 2 unspecified atom stereocenters. The number of esters is 1. The van der Waals surface area contributed by atoms with Gasteiger partial charge in [-0.25, -0.2) is 14.4 Å². The summed E-state index contributed by atoms with van der Waals surface area (Å²) in [5, 5.41) is 15.3. The largest absolute Gasteiger partial charge is 0.607 e. The smallest absolute Gasteiger partial charge is 0.458 e. The van der Waals surface area contributed by atoms with Crippen molar-refractivity contribution in [2.45, 2.75) is 26.1 Å². The summed E-state index contributed by atoms with van der Waals surface area (Å²) in [4.78, 5) is 41.5. The van der Waals surface area contributed by atoms with Crippen LogP contribution >= 0.6 is 0 Å². The minimum atomic E-state index is -0.726. The van der Waals surface area contributed by atoms with Crippen LogP contribution < -0.4 is 0 Å². The highest BCUT2D eigenvalue weighted by atomic mass is 16.8. The second-order valence-electron chi connectivity index (χ2n) is 5.38. The van der Waals surface area contributed by atoms with Crippen molar-refractivity contribution in [3.05, 3.63) is 24.3 Å². The van der Waals surface area contributed by atoms with Gasteiger partial charge >= 0.3 is 24.2 Å². The number of hydrogen-bond acceptors (Lipinski definition) is 11. The summed E-state index contributed by atoms with van der Waals surface area (Å²) < 4.78 is 26.6. The molecule has 12 heteroatoms. The minimum Gasteiger partial charge on any atom is -0.458 e. The van der Waals surface area contributed by atoms with Gasteiger partial charge in [-0.05, 0) is 13.8 Å². The molecule has 30 heavy (non-hydrogen) atoms. The molecule has 0 radical (unpaired) electrons. The number of aliphatic hydroxyl groups excluding tert-OH is 2. The van der Waals surface area contributed by atoms with Gasteiger partial charge in [0.1, 0.15) is 19.8 Å². The predicted octanol–water partition coefficient (Wildman–Crippen LogP) is 0.217. The highest BCUT2D eigenvalue weighted by Crippen LogP contribution is 2.07. The molecule has 12 nitrogen and oxygen atoms in total. The number of carbonyl (C=O) groups is 4. The number of carbonyl (C=O) groups excluding carboxylic acids is 5. The molecule has 0 aromatic rings. The van der Waals surface area contributed by atoms with E-state index in [1.165, 1.54) is 0 Å². The molecule has 2 saturated heterocycles. The maximum Gasteiger partial charge on any atom is 0.607 e. The van der Waals surface area contributed by atoms with Crippen molar-refractivity contribution < 1.29 is 57.5 Å². The number of rotatable bonds is 5. The second kappa shape index (κ2) is 16.7. The summed E-state index contributed by atoms with van der Waals surface area (Å²) >= 11 is 0. The van der Waals surface area contributed by atoms with E-state index < -0.39 is 36.5 Å². The molecule has 2 N–H and O–H groups in total. The molecule has 2 aliphatic heterocycles. The Morgan fingerprint density at radius 3 is 1.73 bits per heavy atom. The van der Waals surface area contributed by atoms with E-state index in [9.17, 15) is 19.2 Å². The molecule has 0 aromatic heterocycles. The highest BCUT2D eigenvalue weighted by Gasteiger charge is 2.26. The van der Waals surface area contributed by atoms with Gasteiger partial charge < -0.3 is 33.9 Å². The number of cyclic esters (lactones) is 4. The molecule has 2 atom stereocenters. The molecule has 0 amide bonds. The molecule has 2 rings (SSSR count). The van der Waals surface area contributed by atoms with Crippen molar-refractivity contribution in [1.82, 2.24) is 0 Å². The fourth-order valence-corrected chi connectivity index (χ4v) is 1.32. The SMILES string of the molecule is C=C(C)C(=O)OCC1COC(=O)O1.C=[O+]C(=O)C(=C)C.CO.O=C1OCC(CO)O1. The zero-order chi connectivity index (χ0) is 23.7. The average Bonchev–Trinajstić information content (AvgIpc) is 3.35. The Balaban J connectivity index is 0.